The first-order valence-corrected chi connectivity index (χ1v) is 9.72. The molecule has 6 heteroatoms. The second-order valence-electron chi connectivity index (χ2n) is 7.12. The van der Waals surface area contributed by atoms with E-state index in [0.29, 0.717) is 22.0 Å². The van der Waals surface area contributed by atoms with Gasteiger partial charge in [-0.15, -0.1) is 0 Å². The highest BCUT2D eigenvalue weighted by atomic mass is 35.5. The van der Waals surface area contributed by atoms with E-state index >= 15 is 0 Å². The average molecular weight is 421 g/mol. The molecule has 3 aromatic carbocycles. The monoisotopic (exact) mass is 420 g/mol. The fourth-order valence-electron chi connectivity index (χ4n) is 3.49. The maximum atomic E-state index is 13.4. The Morgan fingerprint density at radius 3 is 2.17 bits per heavy atom. The Kier molecular flexibility index (Phi) is 5.14. The van der Waals surface area contributed by atoms with Crippen molar-refractivity contribution in [3.63, 3.8) is 0 Å². The van der Waals surface area contributed by atoms with Crippen LogP contribution >= 0.6 is 11.6 Å². The minimum absolute atomic E-state index is 0.147. The second-order valence-corrected chi connectivity index (χ2v) is 7.56. The van der Waals surface area contributed by atoms with E-state index < -0.39 is 11.8 Å². The predicted octanol–water partition coefficient (Wildman–Crippen LogP) is 5.49. The van der Waals surface area contributed by atoms with E-state index in [1.54, 1.807) is 24.3 Å². The maximum Gasteiger partial charge on any atom is 0.282 e. The topological polar surface area (TPSA) is 49.4 Å². The Labute approximate surface area is 178 Å². The molecular formula is C24H18ClFN2O2. The van der Waals surface area contributed by atoms with Crippen LogP contribution < -0.4 is 10.2 Å². The number of aryl methyl sites for hydroxylation is 2. The van der Waals surface area contributed by atoms with Gasteiger partial charge in [-0.3, -0.25) is 9.59 Å². The average Bonchev–Trinajstić information content (AvgIpc) is 2.95. The first-order chi connectivity index (χ1) is 14.3. The number of imide groups is 1. The first kappa shape index (κ1) is 19.9. The van der Waals surface area contributed by atoms with Crippen LogP contribution in [0, 0.1) is 19.7 Å². The Morgan fingerprint density at radius 2 is 1.53 bits per heavy atom. The molecule has 1 aliphatic heterocycles. The molecule has 4 nitrogen and oxygen atoms in total. The van der Waals surface area contributed by atoms with Gasteiger partial charge in [-0.2, -0.15) is 0 Å². The summed E-state index contributed by atoms with van der Waals surface area (Å²) in [6.07, 6.45) is 0. The number of nitrogens with one attached hydrogen (secondary N) is 1. The fourth-order valence-corrected chi connectivity index (χ4v) is 3.62. The van der Waals surface area contributed by atoms with Crippen molar-refractivity contribution >= 4 is 40.4 Å². The number of hydrogen-bond donors (Lipinski definition) is 1. The van der Waals surface area contributed by atoms with Gasteiger partial charge in [-0.1, -0.05) is 35.4 Å². The zero-order chi connectivity index (χ0) is 21.4. The van der Waals surface area contributed by atoms with Crippen LogP contribution in [0.15, 0.2) is 72.4 Å². The Hall–Kier alpha value is -3.44. The van der Waals surface area contributed by atoms with Crippen molar-refractivity contribution in [2.45, 2.75) is 13.8 Å². The molecule has 30 heavy (non-hydrogen) atoms. The van der Waals surface area contributed by atoms with Gasteiger partial charge in [-0.05, 0) is 73.5 Å². The van der Waals surface area contributed by atoms with Crippen LogP contribution in [0.25, 0.3) is 5.57 Å². The Morgan fingerprint density at radius 1 is 0.867 bits per heavy atom. The number of rotatable bonds is 4. The van der Waals surface area contributed by atoms with Gasteiger partial charge in [0.25, 0.3) is 11.8 Å². The molecule has 0 saturated carbocycles. The molecule has 1 N–H and O–H groups in total. The number of amides is 2. The van der Waals surface area contributed by atoms with Crippen molar-refractivity contribution in [2.75, 3.05) is 10.2 Å². The lowest BCUT2D eigenvalue weighted by Gasteiger charge is -2.15. The van der Waals surface area contributed by atoms with E-state index in [-0.39, 0.29) is 17.1 Å². The SMILES string of the molecule is Cc1ccc(C2=C(Nc3ccc(F)cc3)C(=O)N(c3ccc(Cl)cc3)C2=O)c(C)c1. The van der Waals surface area contributed by atoms with Crippen molar-refractivity contribution < 1.29 is 14.0 Å². The molecule has 0 radical (unpaired) electrons. The summed E-state index contributed by atoms with van der Waals surface area (Å²) in [7, 11) is 0. The molecule has 0 saturated heterocycles. The van der Waals surface area contributed by atoms with Crippen LogP contribution in [0.5, 0.6) is 0 Å². The lowest BCUT2D eigenvalue weighted by Crippen LogP contribution is -2.32. The first-order valence-electron chi connectivity index (χ1n) is 9.34. The summed E-state index contributed by atoms with van der Waals surface area (Å²) in [6, 6.07) is 17.8. The molecule has 0 spiro atoms. The van der Waals surface area contributed by atoms with Crippen molar-refractivity contribution in [1.29, 1.82) is 0 Å². The number of hydrogen-bond acceptors (Lipinski definition) is 3. The van der Waals surface area contributed by atoms with E-state index in [1.807, 2.05) is 32.0 Å². The van der Waals surface area contributed by atoms with Crippen LogP contribution in [-0.2, 0) is 9.59 Å². The number of carbonyl (C=O) groups is 2. The summed E-state index contributed by atoms with van der Waals surface area (Å²) in [4.78, 5) is 27.8. The summed E-state index contributed by atoms with van der Waals surface area (Å²) >= 11 is 5.96. The van der Waals surface area contributed by atoms with Gasteiger partial charge in [-0.25, -0.2) is 9.29 Å². The zero-order valence-electron chi connectivity index (χ0n) is 16.4. The summed E-state index contributed by atoms with van der Waals surface area (Å²) < 4.78 is 13.3. The van der Waals surface area contributed by atoms with E-state index in [0.717, 1.165) is 16.0 Å². The minimum atomic E-state index is -0.485. The fraction of sp³-hybridized carbons (Fsp3) is 0.0833. The van der Waals surface area contributed by atoms with Crippen LogP contribution in [0.3, 0.4) is 0 Å². The Balaban J connectivity index is 1.84. The third-order valence-corrected chi connectivity index (χ3v) is 5.19. The van der Waals surface area contributed by atoms with Crippen LogP contribution in [-0.4, -0.2) is 11.8 Å². The molecule has 1 heterocycles. The molecule has 150 valence electrons. The molecule has 2 amide bonds. The quantitative estimate of drug-likeness (QED) is 0.567. The number of carbonyl (C=O) groups excluding carboxylic acids is 2. The smallest absolute Gasteiger partial charge is 0.282 e. The van der Waals surface area contributed by atoms with Gasteiger partial charge >= 0.3 is 0 Å². The normalized spacial score (nSPS) is 13.9. The summed E-state index contributed by atoms with van der Waals surface area (Å²) in [6.45, 7) is 3.86. The standard InChI is InChI=1S/C24H18ClFN2O2/c1-14-3-12-20(15(2)13-14)21-22(27-18-8-6-17(26)7-9-18)24(30)28(23(21)29)19-10-4-16(25)5-11-19/h3-13,27H,1-2H3. The van der Waals surface area contributed by atoms with Crippen LogP contribution in [0.1, 0.15) is 16.7 Å². The number of benzene rings is 3. The lowest BCUT2D eigenvalue weighted by molar-refractivity contribution is -0.120. The second kappa shape index (κ2) is 7.76. The van der Waals surface area contributed by atoms with E-state index in [2.05, 4.69) is 5.32 Å². The van der Waals surface area contributed by atoms with E-state index in [1.165, 1.54) is 24.3 Å². The van der Waals surface area contributed by atoms with Gasteiger partial charge in [0.05, 0.1) is 11.3 Å². The summed E-state index contributed by atoms with van der Waals surface area (Å²) in [5.41, 5.74) is 3.95. The molecule has 0 aliphatic carbocycles. The molecule has 0 bridgehead atoms. The largest absolute Gasteiger partial charge is 0.350 e. The van der Waals surface area contributed by atoms with Gasteiger partial charge in [0.15, 0.2) is 0 Å². The molecule has 4 rings (SSSR count). The third kappa shape index (κ3) is 3.60. The predicted molar refractivity (Wildman–Crippen MR) is 117 cm³/mol. The molecule has 0 fully saturated rings. The van der Waals surface area contributed by atoms with Gasteiger partial charge in [0.2, 0.25) is 0 Å². The highest BCUT2D eigenvalue weighted by Gasteiger charge is 2.40. The molecule has 1 aliphatic rings. The summed E-state index contributed by atoms with van der Waals surface area (Å²) in [5, 5.41) is 3.53. The molecular weight excluding hydrogens is 403 g/mol. The number of halogens is 2. The Bertz CT molecular complexity index is 1180. The van der Waals surface area contributed by atoms with Crippen molar-refractivity contribution in [1.82, 2.24) is 0 Å². The molecule has 3 aromatic rings. The van der Waals surface area contributed by atoms with Crippen molar-refractivity contribution in [2.24, 2.45) is 0 Å². The molecule has 0 atom stereocenters. The van der Waals surface area contributed by atoms with Gasteiger partial charge < -0.3 is 5.32 Å². The van der Waals surface area contributed by atoms with E-state index in [9.17, 15) is 14.0 Å². The minimum Gasteiger partial charge on any atom is -0.350 e. The zero-order valence-corrected chi connectivity index (χ0v) is 17.1. The van der Waals surface area contributed by atoms with Gasteiger partial charge in [0, 0.05) is 10.7 Å². The van der Waals surface area contributed by atoms with E-state index in [4.69, 9.17) is 11.6 Å². The van der Waals surface area contributed by atoms with Crippen LogP contribution in [0.2, 0.25) is 5.02 Å². The van der Waals surface area contributed by atoms with Crippen LogP contribution in [0.4, 0.5) is 15.8 Å². The molecule has 0 unspecified atom stereocenters. The highest BCUT2D eigenvalue weighted by molar-refractivity contribution is 6.46. The molecule has 0 aromatic heterocycles. The lowest BCUT2D eigenvalue weighted by atomic mass is 9.97. The number of nitrogens with zero attached hydrogens (tertiary/aromatic N) is 1. The maximum absolute atomic E-state index is 13.4. The van der Waals surface area contributed by atoms with Crippen molar-refractivity contribution in [3.05, 3.63) is 100.0 Å². The number of anilines is 2. The summed E-state index contributed by atoms with van der Waals surface area (Å²) in [5.74, 6) is -1.30. The highest BCUT2D eigenvalue weighted by Crippen LogP contribution is 2.35. The van der Waals surface area contributed by atoms with Crippen molar-refractivity contribution in [3.8, 4) is 0 Å². The van der Waals surface area contributed by atoms with Gasteiger partial charge in [0.1, 0.15) is 11.5 Å². The third-order valence-electron chi connectivity index (χ3n) is 4.93.